The maximum absolute atomic E-state index is 12.0. The van der Waals surface area contributed by atoms with Gasteiger partial charge in [0.15, 0.2) is 0 Å². The molecule has 1 aliphatic rings. The van der Waals surface area contributed by atoms with Crippen LogP contribution in [0.25, 0.3) is 0 Å². The molecule has 0 saturated heterocycles. The Labute approximate surface area is 119 Å². The molecule has 0 heterocycles. The third-order valence-corrected chi connectivity index (χ3v) is 3.45. The first kappa shape index (κ1) is 14.8. The number of aliphatic hydroxyl groups is 1. The molecule has 0 aliphatic heterocycles. The molecule has 0 saturated carbocycles. The van der Waals surface area contributed by atoms with Crippen molar-refractivity contribution in [2.24, 2.45) is 5.92 Å². The first-order valence-electron chi connectivity index (χ1n) is 6.94. The Morgan fingerprint density at radius 1 is 1.40 bits per heavy atom. The van der Waals surface area contributed by atoms with Gasteiger partial charge in [-0.1, -0.05) is 42.5 Å². The fraction of sp³-hybridized carbons (Fsp3) is 0.438. The van der Waals surface area contributed by atoms with Gasteiger partial charge in [-0.25, -0.2) is 0 Å². The first-order chi connectivity index (χ1) is 9.69. The number of rotatable bonds is 6. The van der Waals surface area contributed by atoms with Crippen LogP contribution in [-0.4, -0.2) is 29.8 Å². The third kappa shape index (κ3) is 4.18. The van der Waals surface area contributed by atoms with Gasteiger partial charge in [0, 0.05) is 18.6 Å². The van der Waals surface area contributed by atoms with E-state index in [0.29, 0.717) is 6.61 Å². The molecule has 4 nitrogen and oxygen atoms in total. The smallest absolute Gasteiger partial charge is 0.249 e. The molecule has 2 rings (SSSR count). The number of hydrogen-bond acceptors (Lipinski definition) is 3. The molecule has 1 aromatic carbocycles. The van der Waals surface area contributed by atoms with Crippen molar-refractivity contribution in [3.05, 3.63) is 48.0 Å². The zero-order valence-electron chi connectivity index (χ0n) is 11.7. The lowest BCUT2D eigenvalue weighted by Gasteiger charge is -2.17. The molecule has 0 spiro atoms. The van der Waals surface area contributed by atoms with E-state index in [9.17, 15) is 4.79 Å². The second-order valence-electron chi connectivity index (χ2n) is 5.12. The average molecular weight is 275 g/mol. The Kier molecular flexibility index (Phi) is 5.32. The molecule has 1 amide bonds. The summed E-state index contributed by atoms with van der Waals surface area (Å²) in [4.78, 5) is 12.0. The van der Waals surface area contributed by atoms with Crippen LogP contribution in [0.3, 0.4) is 0 Å². The minimum atomic E-state index is -0.489. The van der Waals surface area contributed by atoms with Crippen LogP contribution in [0.15, 0.2) is 42.5 Å². The van der Waals surface area contributed by atoms with Crippen molar-refractivity contribution in [2.45, 2.75) is 32.1 Å². The first-order valence-corrected chi connectivity index (χ1v) is 6.94. The summed E-state index contributed by atoms with van der Waals surface area (Å²) in [5.41, 5.74) is 1.05. The molecule has 2 N–H and O–H groups in total. The van der Waals surface area contributed by atoms with Crippen molar-refractivity contribution < 1.29 is 14.6 Å². The summed E-state index contributed by atoms with van der Waals surface area (Å²) in [5, 5.41) is 12.0. The van der Waals surface area contributed by atoms with Crippen molar-refractivity contribution >= 4 is 5.91 Å². The SMILES string of the molecule is CC(OCc1ccccc1)C(=O)N[C@@H]1C=C[C@H](CO)C1. The fourth-order valence-corrected chi connectivity index (χ4v) is 2.19. The van der Waals surface area contributed by atoms with Crippen molar-refractivity contribution in [3.63, 3.8) is 0 Å². The van der Waals surface area contributed by atoms with Gasteiger partial charge >= 0.3 is 0 Å². The lowest BCUT2D eigenvalue weighted by Crippen LogP contribution is -2.40. The number of carbonyl (C=O) groups excluding carboxylic acids is 1. The van der Waals surface area contributed by atoms with E-state index in [1.165, 1.54) is 0 Å². The molecule has 0 fully saturated rings. The predicted octanol–water partition coefficient (Wildman–Crippen LogP) is 1.64. The minimum absolute atomic E-state index is 0.00225. The highest BCUT2D eigenvalue weighted by molar-refractivity contribution is 5.80. The van der Waals surface area contributed by atoms with E-state index >= 15 is 0 Å². The van der Waals surface area contributed by atoms with Crippen molar-refractivity contribution in [2.75, 3.05) is 6.61 Å². The molecular formula is C16H21NO3. The van der Waals surface area contributed by atoms with Gasteiger partial charge in [-0.05, 0) is 18.9 Å². The lowest BCUT2D eigenvalue weighted by molar-refractivity contribution is -0.132. The lowest BCUT2D eigenvalue weighted by atomic mass is 10.1. The van der Waals surface area contributed by atoms with Gasteiger partial charge in [0.2, 0.25) is 5.91 Å². The van der Waals surface area contributed by atoms with E-state index in [2.05, 4.69) is 5.32 Å². The Morgan fingerprint density at radius 2 is 2.15 bits per heavy atom. The van der Waals surface area contributed by atoms with Crippen LogP contribution in [0, 0.1) is 5.92 Å². The number of ether oxygens (including phenoxy) is 1. The number of nitrogens with one attached hydrogen (secondary N) is 1. The van der Waals surface area contributed by atoms with Crippen LogP contribution in [0.4, 0.5) is 0 Å². The van der Waals surface area contributed by atoms with Gasteiger partial charge in [0.05, 0.1) is 6.61 Å². The van der Waals surface area contributed by atoms with Gasteiger partial charge in [0.1, 0.15) is 6.10 Å². The third-order valence-electron chi connectivity index (χ3n) is 3.45. The highest BCUT2D eigenvalue weighted by Crippen LogP contribution is 2.17. The molecule has 1 aliphatic carbocycles. The zero-order valence-corrected chi connectivity index (χ0v) is 11.7. The van der Waals surface area contributed by atoms with Crippen molar-refractivity contribution in [1.82, 2.24) is 5.32 Å². The molecule has 20 heavy (non-hydrogen) atoms. The summed E-state index contributed by atoms with van der Waals surface area (Å²) in [6, 6.07) is 9.78. The van der Waals surface area contributed by atoms with E-state index in [1.54, 1.807) is 6.92 Å². The fourth-order valence-electron chi connectivity index (χ4n) is 2.19. The Morgan fingerprint density at radius 3 is 2.80 bits per heavy atom. The Bertz CT molecular complexity index is 458. The minimum Gasteiger partial charge on any atom is -0.396 e. The molecule has 108 valence electrons. The van der Waals surface area contributed by atoms with Crippen LogP contribution in [0.2, 0.25) is 0 Å². The maximum Gasteiger partial charge on any atom is 0.249 e. The van der Waals surface area contributed by atoms with Gasteiger partial charge in [-0.2, -0.15) is 0 Å². The molecular weight excluding hydrogens is 254 g/mol. The number of carbonyl (C=O) groups is 1. The van der Waals surface area contributed by atoms with Crippen molar-refractivity contribution in [3.8, 4) is 0 Å². The summed E-state index contributed by atoms with van der Waals surface area (Å²) < 4.78 is 5.57. The van der Waals surface area contributed by atoms with Crippen LogP contribution in [0.5, 0.6) is 0 Å². The van der Waals surface area contributed by atoms with Crippen LogP contribution in [0.1, 0.15) is 18.9 Å². The summed E-state index contributed by atoms with van der Waals surface area (Å²) in [6.45, 7) is 2.30. The molecule has 1 unspecified atom stereocenters. The maximum atomic E-state index is 12.0. The van der Waals surface area contributed by atoms with Crippen LogP contribution < -0.4 is 5.32 Å². The Hall–Kier alpha value is -1.65. The second-order valence-corrected chi connectivity index (χ2v) is 5.12. The van der Waals surface area contributed by atoms with Gasteiger partial charge in [0.25, 0.3) is 0 Å². The van der Waals surface area contributed by atoms with E-state index in [-0.39, 0.29) is 24.5 Å². The summed E-state index contributed by atoms with van der Waals surface area (Å²) >= 11 is 0. The summed E-state index contributed by atoms with van der Waals surface area (Å²) in [6.07, 6.45) is 4.15. The van der Waals surface area contributed by atoms with Crippen molar-refractivity contribution in [1.29, 1.82) is 0 Å². The highest BCUT2D eigenvalue weighted by Gasteiger charge is 2.22. The van der Waals surface area contributed by atoms with E-state index in [0.717, 1.165) is 12.0 Å². The Balaban J connectivity index is 1.74. The zero-order chi connectivity index (χ0) is 14.4. The average Bonchev–Trinajstić information content (AvgIpc) is 2.93. The number of aliphatic hydroxyl groups excluding tert-OH is 1. The molecule has 0 radical (unpaired) electrons. The summed E-state index contributed by atoms with van der Waals surface area (Å²) in [7, 11) is 0. The van der Waals surface area contributed by atoms with E-state index < -0.39 is 6.10 Å². The largest absolute Gasteiger partial charge is 0.396 e. The predicted molar refractivity (Wildman–Crippen MR) is 77.0 cm³/mol. The van der Waals surface area contributed by atoms with E-state index in [1.807, 2.05) is 42.5 Å². The second kappa shape index (κ2) is 7.22. The van der Waals surface area contributed by atoms with E-state index in [4.69, 9.17) is 9.84 Å². The molecule has 0 bridgehead atoms. The normalized spacial score (nSPS) is 22.7. The number of hydrogen-bond donors (Lipinski definition) is 2. The number of amides is 1. The number of benzene rings is 1. The monoisotopic (exact) mass is 275 g/mol. The molecule has 4 heteroatoms. The van der Waals surface area contributed by atoms with Crippen LogP contribution in [-0.2, 0) is 16.1 Å². The summed E-state index contributed by atoms with van der Waals surface area (Å²) in [5.74, 6) is 0.0371. The molecule has 1 aromatic rings. The van der Waals surface area contributed by atoms with Gasteiger partial charge in [-0.15, -0.1) is 0 Å². The molecule has 0 aromatic heterocycles. The van der Waals surface area contributed by atoms with Crippen LogP contribution >= 0.6 is 0 Å². The van der Waals surface area contributed by atoms with Gasteiger partial charge in [-0.3, -0.25) is 4.79 Å². The van der Waals surface area contributed by atoms with Gasteiger partial charge < -0.3 is 15.2 Å². The highest BCUT2D eigenvalue weighted by atomic mass is 16.5. The quantitative estimate of drug-likeness (QED) is 0.776. The standard InChI is InChI=1S/C16H21NO3/c1-12(20-11-13-5-3-2-4-6-13)16(19)17-15-8-7-14(9-15)10-18/h2-8,12,14-15,18H,9-11H2,1H3,(H,17,19)/t12?,14-,15+/m0/s1. The topological polar surface area (TPSA) is 58.6 Å². The molecule has 3 atom stereocenters.